The zero-order chi connectivity index (χ0) is 13.2. The van der Waals surface area contributed by atoms with E-state index in [4.69, 9.17) is 11.6 Å². The summed E-state index contributed by atoms with van der Waals surface area (Å²) in [6.45, 7) is 0. The average Bonchev–Trinajstić information content (AvgIpc) is 2.32. The molecule has 0 unspecified atom stereocenters. The third-order valence-electron chi connectivity index (χ3n) is 1.98. The van der Waals surface area contributed by atoms with Crippen molar-refractivity contribution in [2.75, 3.05) is 4.72 Å². The molecule has 1 N–H and O–H groups in total. The highest BCUT2D eigenvalue weighted by molar-refractivity contribution is 9.10. The number of hydrogen-bond acceptors (Lipinski definition) is 4. The summed E-state index contributed by atoms with van der Waals surface area (Å²) in [5.74, 6) is 0.207. The molecule has 0 saturated carbocycles. The van der Waals surface area contributed by atoms with Crippen molar-refractivity contribution in [1.82, 2.24) is 9.97 Å². The second kappa shape index (κ2) is 5.21. The third kappa shape index (κ3) is 2.98. The molecule has 0 amide bonds. The smallest absolute Gasteiger partial charge is 0.263 e. The first-order chi connectivity index (χ1) is 8.49. The fraction of sp³-hybridized carbons (Fsp3) is 0. The number of hydrogen-bond donors (Lipinski definition) is 1. The van der Waals surface area contributed by atoms with Crippen molar-refractivity contribution < 1.29 is 8.42 Å². The number of aromatic nitrogens is 2. The van der Waals surface area contributed by atoms with E-state index in [9.17, 15) is 8.42 Å². The Balaban J connectivity index is 2.33. The molecular weight excluding hydrogens is 342 g/mol. The van der Waals surface area contributed by atoms with Crippen LogP contribution in [0.5, 0.6) is 0 Å². The number of sulfonamides is 1. The molecular formula is C10H7BrClN3O2S. The van der Waals surface area contributed by atoms with Crippen molar-refractivity contribution in [2.24, 2.45) is 0 Å². The Morgan fingerprint density at radius 1 is 1.22 bits per heavy atom. The maximum atomic E-state index is 12.0. The Labute approximate surface area is 117 Å². The third-order valence-corrected chi connectivity index (χ3v) is 4.25. The van der Waals surface area contributed by atoms with Gasteiger partial charge in [0, 0.05) is 16.9 Å². The highest BCUT2D eigenvalue weighted by Gasteiger charge is 2.18. The quantitative estimate of drug-likeness (QED) is 0.866. The first kappa shape index (κ1) is 13.3. The largest absolute Gasteiger partial charge is 0.266 e. The first-order valence-electron chi connectivity index (χ1n) is 4.74. The molecule has 0 aromatic carbocycles. The Morgan fingerprint density at radius 2 is 2.00 bits per heavy atom. The van der Waals surface area contributed by atoms with Gasteiger partial charge >= 0.3 is 0 Å². The molecule has 2 heterocycles. The lowest BCUT2D eigenvalue weighted by atomic mass is 10.5. The van der Waals surface area contributed by atoms with Crippen LogP contribution in [0.3, 0.4) is 0 Å². The number of nitrogens with one attached hydrogen (secondary N) is 1. The SMILES string of the molecule is O=S(=O)(Nc1ccc(Br)cn1)c1cccnc1Cl. The molecule has 2 rings (SSSR count). The van der Waals surface area contributed by atoms with Gasteiger partial charge in [0.2, 0.25) is 0 Å². The van der Waals surface area contributed by atoms with Gasteiger partial charge in [-0.2, -0.15) is 0 Å². The number of pyridine rings is 2. The van der Waals surface area contributed by atoms with Crippen LogP contribution in [0, 0.1) is 0 Å². The van der Waals surface area contributed by atoms with Crippen molar-refractivity contribution in [3.05, 3.63) is 46.3 Å². The number of anilines is 1. The summed E-state index contributed by atoms with van der Waals surface area (Å²) in [4.78, 5) is 7.55. The van der Waals surface area contributed by atoms with Gasteiger partial charge in [-0.15, -0.1) is 0 Å². The molecule has 0 radical (unpaired) electrons. The van der Waals surface area contributed by atoms with E-state index in [0.717, 1.165) is 4.47 Å². The molecule has 8 heteroatoms. The molecule has 2 aromatic rings. The molecule has 5 nitrogen and oxygen atoms in total. The predicted octanol–water partition coefficient (Wildman–Crippen LogP) is 2.69. The van der Waals surface area contributed by atoms with Crippen molar-refractivity contribution >= 4 is 43.4 Å². The Hall–Kier alpha value is -1.18. The summed E-state index contributed by atoms with van der Waals surface area (Å²) >= 11 is 8.95. The van der Waals surface area contributed by atoms with Crippen LogP contribution in [-0.2, 0) is 10.0 Å². The maximum absolute atomic E-state index is 12.0. The minimum absolute atomic E-state index is 0.0814. The van der Waals surface area contributed by atoms with Crippen LogP contribution in [0.4, 0.5) is 5.82 Å². The summed E-state index contributed by atoms with van der Waals surface area (Å²) in [6.07, 6.45) is 2.90. The summed E-state index contributed by atoms with van der Waals surface area (Å²) in [5.41, 5.74) is 0. The van der Waals surface area contributed by atoms with Gasteiger partial charge in [-0.05, 0) is 40.2 Å². The zero-order valence-electron chi connectivity index (χ0n) is 8.84. The van der Waals surface area contributed by atoms with E-state index in [1.165, 1.54) is 30.6 Å². The molecule has 0 atom stereocenters. The standard InChI is InChI=1S/C10H7BrClN3O2S/c11-7-3-4-9(14-6-7)15-18(16,17)8-2-1-5-13-10(8)12/h1-6H,(H,14,15). The minimum Gasteiger partial charge on any atom is -0.263 e. The highest BCUT2D eigenvalue weighted by atomic mass is 79.9. The fourth-order valence-corrected chi connectivity index (χ4v) is 2.90. The molecule has 0 aliphatic carbocycles. The normalized spacial score (nSPS) is 11.2. The lowest BCUT2D eigenvalue weighted by molar-refractivity contribution is 0.600. The molecule has 94 valence electrons. The minimum atomic E-state index is -3.78. The lowest BCUT2D eigenvalue weighted by Crippen LogP contribution is -2.14. The van der Waals surface area contributed by atoms with E-state index in [1.54, 1.807) is 6.07 Å². The summed E-state index contributed by atoms with van der Waals surface area (Å²) in [6, 6.07) is 6.08. The van der Waals surface area contributed by atoms with Crippen molar-refractivity contribution in [2.45, 2.75) is 4.90 Å². The fourth-order valence-electron chi connectivity index (χ4n) is 1.20. The van der Waals surface area contributed by atoms with Crippen molar-refractivity contribution in [1.29, 1.82) is 0 Å². The van der Waals surface area contributed by atoms with Crippen LogP contribution < -0.4 is 4.72 Å². The van der Waals surface area contributed by atoms with Crippen molar-refractivity contribution in [3.8, 4) is 0 Å². The number of rotatable bonds is 3. The van der Waals surface area contributed by atoms with Crippen molar-refractivity contribution in [3.63, 3.8) is 0 Å². The second-order valence-corrected chi connectivity index (χ2v) is 6.18. The summed E-state index contributed by atoms with van der Waals surface area (Å²) < 4.78 is 27.1. The molecule has 0 bridgehead atoms. The van der Waals surface area contributed by atoms with Gasteiger partial charge in [-0.25, -0.2) is 18.4 Å². The molecule has 0 spiro atoms. The Morgan fingerprint density at radius 3 is 2.61 bits per heavy atom. The van der Waals surface area contributed by atoms with Crippen LogP contribution in [-0.4, -0.2) is 18.4 Å². The van der Waals surface area contributed by atoms with E-state index in [-0.39, 0.29) is 15.9 Å². The first-order valence-corrected chi connectivity index (χ1v) is 7.39. The molecule has 0 fully saturated rings. The van der Waals surface area contributed by atoms with Crippen LogP contribution in [0.2, 0.25) is 5.15 Å². The van der Waals surface area contributed by atoms with Gasteiger partial charge in [0.25, 0.3) is 10.0 Å². The topological polar surface area (TPSA) is 72.0 Å². The van der Waals surface area contributed by atoms with Crippen LogP contribution >= 0.6 is 27.5 Å². The van der Waals surface area contributed by atoms with E-state index >= 15 is 0 Å². The monoisotopic (exact) mass is 347 g/mol. The zero-order valence-corrected chi connectivity index (χ0v) is 12.0. The van der Waals surface area contributed by atoms with Gasteiger partial charge < -0.3 is 0 Å². The molecule has 0 aliphatic rings. The number of nitrogens with zero attached hydrogens (tertiary/aromatic N) is 2. The average molecular weight is 349 g/mol. The molecule has 0 saturated heterocycles. The van der Waals surface area contributed by atoms with Crippen LogP contribution in [0.15, 0.2) is 46.0 Å². The summed E-state index contributed by atoms with van der Waals surface area (Å²) in [5, 5.41) is -0.0814. The Bertz CT molecular complexity index is 661. The summed E-state index contributed by atoms with van der Waals surface area (Å²) in [7, 11) is -3.78. The lowest BCUT2D eigenvalue weighted by Gasteiger charge is -2.07. The molecule has 2 aromatic heterocycles. The number of halogens is 2. The van der Waals surface area contributed by atoms with Gasteiger partial charge in [-0.3, -0.25) is 4.72 Å². The molecule has 0 aliphatic heterocycles. The van der Waals surface area contributed by atoms with Crippen LogP contribution in [0.25, 0.3) is 0 Å². The van der Waals surface area contributed by atoms with Gasteiger partial charge in [0.1, 0.15) is 15.9 Å². The second-order valence-electron chi connectivity index (χ2n) is 3.26. The van der Waals surface area contributed by atoms with E-state index in [0.29, 0.717) is 0 Å². The Kier molecular flexibility index (Phi) is 3.84. The van der Waals surface area contributed by atoms with Gasteiger partial charge in [-0.1, -0.05) is 11.6 Å². The van der Waals surface area contributed by atoms with E-state index in [1.807, 2.05) is 0 Å². The van der Waals surface area contributed by atoms with Gasteiger partial charge in [0.05, 0.1) is 0 Å². The highest BCUT2D eigenvalue weighted by Crippen LogP contribution is 2.21. The van der Waals surface area contributed by atoms with E-state index in [2.05, 4.69) is 30.6 Å². The maximum Gasteiger partial charge on any atom is 0.266 e. The van der Waals surface area contributed by atoms with Crippen LogP contribution in [0.1, 0.15) is 0 Å². The van der Waals surface area contributed by atoms with Gasteiger partial charge in [0.15, 0.2) is 0 Å². The predicted molar refractivity (Wildman–Crippen MR) is 72.0 cm³/mol. The van der Waals surface area contributed by atoms with E-state index < -0.39 is 10.0 Å². The molecule has 18 heavy (non-hydrogen) atoms.